The zero-order chi connectivity index (χ0) is 20.0. The third-order valence-electron chi connectivity index (χ3n) is 5.43. The second-order valence-corrected chi connectivity index (χ2v) is 9.07. The SMILES string of the molecule is CC(C)n1nc(C#N)c2c1C(=O)CC1(CCN(C(=O)OC(C)(C)C)CC1)C2. The summed E-state index contributed by atoms with van der Waals surface area (Å²) < 4.78 is 7.15. The number of aromatic nitrogens is 2. The molecule has 7 heteroatoms. The molecule has 0 saturated carbocycles. The quantitative estimate of drug-likeness (QED) is 0.753. The van der Waals surface area contributed by atoms with Gasteiger partial charge in [0.25, 0.3) is 0 Å². The number of likely N-dealkylation sites (tertiary alicyclic amines) is 1. The number of carbonyl (C=O) groups is 2. The molecule has 1 aromatic rings. The number of hydrogen-bond acceptors (Lipinski definition) is 5. The van der Waals surface area contributed by atoms with E-state index in [1.165, 1.54) is 0 Å². The van der Waals surface area contributed by atoms with E-state index in [9.17, 15) is 14.9 Å². The third kappa shape index (κ3) is 3.71. The molecule has 1 amide bonds. The van der Waals surface area contributed by atoms with Gasteiger partial charge in [-0.2, -0.15) is 10.4 Å². The van der Waals surface area contributed by atoms with Crippen molar-refractivity contribution in [3.8, 4) is 6.07 Å². The normalized spacial score (nSPS) is 19.1. The van der Waals surface area contributed by atoms with Crippen molar-refractivity contribution < 1.29 is 14.3 Å². The summed E-state index contributed by atoms with van der Waals surface area (Å²) in [6.07, 6.45) is 2.28. The molecule has 146 valence electrons. The van der Waals surface area contributed by atoms with Crippen LogP contribution in [-0.4, -0.2) is 45.2 Å². The standard InChI is InChI=1S/C20H28N4O3/c1-13(2)24-17-14(15(12-21)22-24)10-20(11-16(17)25)6-8-23(9-7-20)18(26)27-19(3,4)5/h13H,6-11H2,1-5H3. The molecule has 2 heterocycles. The zero-order valence-corrected chi connectivity index (χ0v) is 16.8. The number of piperidine rings is 1. The minimum absolute atomic E-state index is 0.0351. The fourth-order valence-electron chi connectivity index (χ4n) is 4.10. The fourth-order valence-corrected chi connectivity index (χ4v) is 4.10. The van der Waals surface area contributed by atoms with Crippen molar-refractivity contribution in [2.75, 3.05) is 13.1 Å². The van der Waals surface area contributed by atoms with Crippen LogP contribution in [0.3, 0.4) is 0 Å². The van der Waals surface area contributed by atoms with Crippen molar-refractivity contribution in [2.24, 2.45) is 5.41 Å². The average Bonchev–Trinajstić information content (AvgIpc) is 2.92. The second-order valence-electron chi connectivity index (χ2n) is 9.07. The first kappa shape index (κ1) is 19.4. The van der Waals surface area contributed by atoms with Crippen LogP contribution >= 0.6 is 0 Å². The molecule has 2 aliphatic rings. The van der Waals surface area contributed by atoms with Crippen molar-refractivity contribution in [1.29, 1.82) is 5.26 Å². The molecule has 0 radical (unpaired) electrons. The van der Waals surface area contributed by atoms with E-state index in [4.69, 9.17) is 4.74 Å². The minimum Gasteiger partial charge on any atom is -0.444 e. The highest BCUT2D eigenvalue weighted by Gasteiger charge is 2.45. The van der Waals surface area contributed by atoms with Crippen LogP contribution in [0, 0.1) is 16.7 Å². The molecule has 0 bridgehead atoms. The van der Waals surface area contributed by atoms with E-state index in [0.29, 0.717) is 37.3 Å². The summed E-state index contributed by atoms with van der Waals surface area (Å²) in [4.78, 5) is 27.0. The van der Waals surface area contributed by atoms with Gasteiger partial charge in [-0.1, -0.05) is 0 Å². The zero-order valence-electron chi connectivity index (χ0n) is 16.8. The second kappa shape index (κ2) is 6.66. The Morgan fingerprint density at radius 1 is 1.26 bits per heavy atom. The first-order chi connectivity index (χ1) is 12.6. The summed E-state index contributed by atoms with van der Waals surface area (Å²) in [7, 11) is 0. The van der Waals surface area contributed by atoms with Gasteiger partial charge in [0.05, 0.1) is 0 Å². The van der Waals surface area contributed by atoms with E-state index in [1.807, 2.05) is 34.6 Å². The molecule has 0 N–H and O–H groups in total. The Bertz CT molecular complexity index is 802. The Balaban J connectivity index is 1.79. The lowest BCUT2D eigenvalue weighted by Gasteiger charge is -2.43. The first-order valence-electron chi connectivity index (χ1n) is 9.58. The fraction of sp³-hybridized carbons (Fsp3) is 0.700. The van der Waals surface area contributed by atoms with Gasteiger partial charge in [0.2, 0.25) is 0 Å². The molecule has 0 aromatic carbocycles. The molecule has 1 saturated heterocycles. The summed E-state index contributed by atoms with van der Waals surface area (Å²) in [5.41, 5.74) is 1.03. The van der Waals surface area contributed by atoms with Crippen molar-refractivity contribution in [3.63, 3.8) is 0 Å². The van der Waals surface area contributed by atoms with E-state index >= 15 is 0 Å². The number of nitriles is 1. The van der Waals surface area contributed by atoms with Crippen molar-refractivity contribution in [2.45, 2.75) is 71.9 Å². The number of hydrogen-bond donors (Lipinski definition) is 0. The van der Waals surface area contributed by atoms with Crippen molar-refractivity contribution in [1.82, 2.24) is 14.7 Å². The largest absolute Gasteiger partial charge is 0.444 e. The maximum Gasteiger partial charge on any atom is 0.410 e. The Kier molecular flexibility index (Phi) is 4.79. The number of ketones is 1. The van der Waals surface area contributed by atoms with Crippen molar-refractivity contribution in [3.05, 3.63) is 17.0 Å². The Morgan fingerprint density at radius 2 is 1.89 bits per heavy atom. The lowest BCUT2D eigenvalue weighted by molar-refractivity contribution is 0.00878. The smallest absolute Gasteiger partial charge is 0.410 e. The summed E-state index contributed by atoms with van der Waals surface area (Å²) in [5, 5.41) is 13.9. The minimum atomic E-state index is -0.519. The van der Waals surface area contributed by atoms with Crippen LogP contribution in [0.5, 0.6) is 0 Å². The molecule has 1 fully saturated rings. The number of nitrogens with zero attached hydrogens (tertiary/aromatic N) is 4. The molecule has 7 nitrogen and oxygen atoms in total. The third-order valence-corrected chi connectivity index (χ3v) is 5.43. The highest BCUT2D eigenvalue weighted by molar-refractivity contribution is 5.98. The molecule has 1 spiro atoms. The van der Waals surface area contributed by atoms with Gasteiger partial charge >= 0.3 is 6.09 Å². The Labute approximate surface area is 160 Å². The molecule has 27 heavy (non-hydrogen) atoms. The monoisotopic (exact) mass is 372 g/mol. The Morgan fingerprint density at radius 3 is 2.41 bits per heavy atom. The van der Waals surface area contributed by atoms with Crippen LogP contribution in [0.15, 0.2) is 0 Å². The summed E-state index contributed by atoms with van der Waals surface area (Å²) in [6.45, 7) is 10.6. The van der Waals surface area contributed by atoms with Crippen LogP contribution in [0.4, 0.5) is 4.79 Å². The van der Waals surface area contributed by atoms with Gasteiger partial charge in [-0.05, 0) is 59.3 Å². The lowest BCUT2D eigenvalue weighted by atomic mass is 9.66. The highest BCUT2D eigenvalue weighted by atomic mass is 16.6. The van der Waals surface area contributed by atoms with E-state index < -0.39 is 5.60 Å². The predicted molar refractivity (Wildman–Crippen MR) is 99.5 cm³/mol. The predicted octanol–water partition coefficient (Wildman–Crippen LogP) is 3.48. The number of Topliss-reactive ketones (excluding diaryl/α,β-unsaturated/α-hetero) is 1. The van der Waals surface area contributed by atoms with Gasteiger partial charge in [-0.25, -0.2) is 4.79 Å². The van der Waals surface area contributed by atoms with E-state index in [2.05, 4.69) is 11.2 Å². The summed E-state index contributed by atoms with van der Waals surface area (Å²) in [5.74, 6) is 0.0599. The van der Waals surface area contributed by atoms with E-state index in [1.54, 1.807) is 9.58 Å². The van der Waals surface area contributed by atoms with Gasteiger partial charge in [0, 0.05) is 31.1 Å². The highest BCUT2D eigenvalue weighted by Crippen LogP contribution is 2.44. The molecule has 0 unspecified atom stereocenters. The van der Waals surface area contributed by atoms with E-state index in [0.717, 1.165) is 18.4 Å². The number of amides is 1. The van der Waals surface area contributed by atoms with Gasteiger partial charge in [0.1, 0.15) is 17.4 Å². The first-order valence-corrected chi connectivity index (χ1v) is 9.58. The maximum absolute atomic E-state index is 12.9. The summed E-state index contributed by atoms with van der Waals surface area (Å²) in [6, 6.07) is 2.19. The van der Waals surface area contributed by atoms with E-state index in [-0.39, 0.29) is 23.3 Å². The molecule has 1 aliphatic carbocycles. The maximum atomic E-state index is 12.9. The lowest BCUT2D eigenvalue weighted by Crippen LogP contribution is -2.47. The van der Waals surface area contributed by atoms with Crippen LogP contribution in [-0.2, 0) is 11.2 Å². The van der Waals surface area contributed by atoms with Crippen LogP contribution in [0.1, 0.15) is 81.7 Å². The number of ether oxygens (including phenoxy) is 1. The molecule has 1 aromatic heterocycles. The number of carbonyl (C=O) groups excluding carboxylic acids is 2. The number of rotatable bonds is 1. The van der Waals surface area contributed by atoms with Gasteiger partial charge < -0.3 is 9.64 Å². The van der Waals surface area contributed by atoms with Crippen LogP contribution < -0.4 is 0 Å². The molecular formula is C20H28N4O3. The van der Waals surface area contributed by atoms with Crippen LogP contribution in [0.25, 0.3) is 0 Å². The molecule has 3 rings (SSSR count). The molecular weight excluding hydrogens is 344 g/mol. The number of fused-ring (bicyclic) bond motifs is 1. The molecule has 1 aliphatic heterocycles. The topological polar surface area (TPSA) is 88.2 Å². The average molecular weight is 372 g/mol. The van der Waals surface area contributed by atoms with Gasteiger partial charge in [0.15, 0.2) is 11.5 Å². The van der Waals surface area contributed by atoms with Gasteiger partial charge in [-0.3, -0.25) is 9.48 Å². The van der Waals surface area contributed by atoms with Crippen LogP contribution in [0.2, 0.25) is 0 Å². The molecule has 0 atom stereocenters. The van der Waals surface area contributed by atoms with Gasteiger partial charge in [-0.15, -0.1) is 0 Å². The summed E-state index contributed by atoms with van der Waals surface area (Å²) >= 11 is 0. The Hall–Kier alpha value is -2.36. The van der Waals surface area contributed by atoms with Crippen molar-refractivity contribution >= 4 is 11.9 Å².